The van der Waals surface area contributed by atoms with Crippen molar-refractivity contribution in [2.75, 3.05) is 37.6 Å². The standard InChI is InChI=1S/C22H23F3N8O2/c1-13-18(33(30-27-13)16-3-2-14(21(24)25)10-15(16)23)12-35-20-5-4-19(28-29-20)32-9-8-31-7-6-26-22(34)17(31)11-32/h2-5,10,17,21H,6-9,11-12H2,1H3,(H,26,34). The zero-order chi connectivity index (χ0) is 24.5. The summed E-state index contributed by atoms with van der Waals surface area (Å²) in [5, 5.41) is 19.1. The number of carbonyl (C=O) groups excluding carboxylic acids is 1. The molecular weight excluding hydrogens is 465 g/mol. The molecule has 0 aliphatic carbocycles. The summed E-state index contributed by atoms with van der Waals surface area (Å²) in [6.07, 6.45) is -2.77. The van der Waals surface area contributed by atoms with Crippen LogP contribution in [0, 0.1) is 12.7 Å². The first-order valence-electron chi connectivity index (χ1n) is 11.1. The molecule has 1 amide bonds. The maximum atomic E-state index is 14.5. The fourth-order valence-electron chi connectivity index (χ4n) is 4.25. The molecule has 2 saturated heterocycles. The molecule has 3 aromatic rings. The van der Waals surface area contributed by atoms with E-state index in [1.54, 1.807) is 19.1 Å². The van der Waals surface area contributed by atoms with Crippen molar-refractivity contribution in [3.8, 4) is 11.6 Å². The van der Waals surface area contributed by atoms with Crippen molar-refractivity contribution in [2.24, 2.45) is 0 Å². The Kier molecular flexibility index (Phi) is 6.24. The van der Waals surface area contributed by atoms with Gasteiger partial charge in [0.05, 0.1) is 5.69 Å². The lowest BCUT2D eigenvalue weighted by Gasteiger charge is -2.43. The molecule has 1 N–H and O–H groups in total. The summed E-state index contributed by atoms with van der Waals surface area (Å²) in [4.78, 5) is 16.4. The first-order chi connectivity index (χ1) is 16.9. The Hall–Kier alpha value is -3.74. The van der Waals surface area contributed by atoms with Crippen molar-refractivity contribution >= 4 is 11.7 Å². The molecule has 184 valence electrons. The number of aromatic nitrogens is 5. The van der Waals surface area contributed by atoms with Gasteiger partial charge >= 0.3 is 0 Å². The normalized spacial score (nSPS) is 18.5. The number of anilines is 1. The fourth-order valence-corrected chi connectivity index (χ4v) is 4.25. The Balaban J connectivity index is 1.27. The van der Waals surface area contributed by atoms with Gasteiger partial charge in [-0.05, 0) is 25.1 Å². The van der Waals surface area contributed by atoms with Crippen molar-refractivity contribution in [3.05, 3.63) is 53.1 Å². The number of carbonyl (C=O) groups is 1. The number of nitrogens with one attached hydrogen (secondary N) is 1. The predicted octanol–water partition coefficient (Wildman–Crippen LogP) is 1.64. The number of fused-ring (bicyclic) bond motifs is 1. The van der Waals surface area contributed by atoms with E-state index in [4.69, 9.17) is 4.74 Å². The highest BCUT2D eigenvalue weighted by Crippen LogP contribution is 2.25. The van der Waals surface area contributed by atoms with E-state index in [-0.39, 0.29) is 30.1 Å². The predicted molar refractivity (Wildman–Crippen MR) is 118 cm³/mol. The number of hydrogen-bond acceptors (Lipinski definition) is 8. The number of rotatable bonds is 6. The van der Waals surface area contributed by atoms with Gasteiger partial charge in [-0.1, -0.05) is 11.3 Å². The summed E-state index contributed by atoms with van der Waals surface area (Å²) in [6, 6.07) is 6.38. The van der Waals surface area contributed by atoms with Crippen LogP contribution < -0.4 is 15.0 Å². The number of hydrogen-bond donors (Lipinski definition) is 1. The lowest BCUT2D eigenvalue weighted by Crippen LogP contribution is -2.64. The number of amides is 1. The molecule has 1 aromatic carbocycles. The molecule has 1 atom stereocenters. The van der Waals surface area contributed by atoms with Crippen LogP contribution >= 0.6 is 0 Å². The third-order valence-corrected chi connectivity index (χ3v) is 6.21. The summed E-state index contributed by atoms with van der Waals surface area (Å²) in [6.45, 7) is 5.19. The van der Waals surface area contributed by atoms with Gasteiger partial charge in [-0.25, -0.2) is 17.9 Å². The number of halogens is 3. The van der Waals surface area contributed by atoms with Crippen LogP contribution in [0.4, 0.5) is 19.0 Å². The SMILES string of the molecule is Cc1nnn(-c2ccc(C(F)F)cc2F)c1COc1ccc(N2CCN3CCNC(=O)C3C2)nn1. The average Bonchev–Trinajstić information content (AvgIpc) is 3.23. The van der Waals surface area contributed by atoms with Crippen molar-refractivity contribution in [1.29, 1.82) is 0 Å². The van der Waals surface area contributed by atoms with E-state index in [0.29, 0.717) is 30.3 Å². The number of benzene rings is 1. The summed E-state index contributed by atoms with van der Waals surface area (Å²) < 4.78 is 47.1. The fraction of sp³-hybridized carbons (Fsp3) is 0.409. The van der Waals surface area contributed by atoms with Gasteiger partial charge in [-0.3, -0.25) is 9.69 Å². The summed E-state index contributed by atoms with van der Waals surface area (Å²) in [5.41, 5.74) is 0.511. The summed E-state index contributed by atoms with van der Waals surface area (Å²) in [5.74, 6) is 0.0579. The molecule has 2 aliphatic rings. The molecule has 2 aromatic heterocycles. The molecule has 10 nitrogen and oxygen atoms in total. The van der Waals surface area contributed by atoms with E-state index < -0.39 is 17.8 Å². The molecule has 0 saturated carbocycles. The maximum Gasteiger partial charge on any atom is 0.263 e. The Bertz CT molecular complexity index is 1220. The number of piperazine rings is 2. The number of ether oxygens (including phenoxy) is 1. The zero-order valence-electron chi connectivity index (χ0n) is 18.9. The van der Waals surface area contributed by atoms with Crippen LogP contribution in [0.1, 0.15) is 23.4 Å². The highest BCUT2D eigenvalue weighted by atomic mass is 19.3. The Labute approximate surface area is 198 Å². The highest BCUT2D eigenvalue weighted by molar-refractivity contribution is 5.83. The Morgan fingerprint density at radius 2 is 2.00 bits per heavy atom. The van der Waals surface area contributed by atoms with E-state index in [9.17, 15) is 18.0 Å². The topological polar surface area (TPSA) is 101 Å². The van der Waals surface area contributed by atoms with Gasteiger partial charge in [0, 0.05) is 44.4 Å². The van der Waals surface area contributed by atoms with E-state index in [2.05, 4.69) is 30.7 Å². The third-order valence-electron chi connectivity index (χ3n) is 6.21. The second-order valence-corrected chi connectivity index (χ2v) is 8.35. The molecule has 13 heteroatoms. The quantitative estimate of drug-likeness (QED) is 0.559. The van der Waals surface area contributed by atoms with Gasteiger partial charge in [0.25, 0.3) is 6.43 Å². The molecule has 0 spiro atoms. The lowest BCUT2D eigenvalue weighted by atomic mass is 10.1. The van der Waals surface area contributed by atoms with Crippen LogP contribution in [-0.4, -0.2) is 74.8 Å². The molecule has 35 heavy (non-hydrogen) atoms. The first kappa shape index (κ1) is 23.0. The van der Waals surface area contributed by atoms with Crippen LogP contribution in [0.25, 0.3) is 5.69 Å². The molecule has 0 radical (unpaired) electrons. The highest BCUT2D eigenvalue weighted by Gasteiger charge is 2.35. The molecule has 0 bridgehead atoms. The molecule has 5 rings (SSSR count). The largest absolute Gasteiger partial charge is 0.470 e. The second kappa shape index (κ2) is 9.49. The van der Waals surface area contributed by atoms with Crippen molar-refractivity contribution in [2.45, 2.75) is 26.0 Å². The van der Waals surface area contributed by atoms with Crippen LogP contribution in [0.2, 0.25) is 0 Å². The first-order valence-corrected chi connectivity index (χ1v) is 11.1. The van der Waals surface area contributed by atoms with Crippen LogP contribution in [0.15, 0.2) is 30.3 Å². The minimum Gasteiger partial charge on any atom is -0.470 e. The van der Waals surface area contributed by atoms with Crippen LogP contribution in [0.3, 0.4) is 0 Å². The monoisotopic (exact) mass is 488 g/mol. The van der Waals surface area contributed by atoms with Crippen LogP contribution in [-0.2, 0) is 11.4 Å². The number of alkyl halides is 2. The van der Waals surface area contributed by atoms with Crippen molar-refractivity contribution in [1.82, 2.24) is 35.4 Å². The minimum absolute atomic E-state index is 0.0130. The molecule has 2 fully saturated rings. The van der Waals surface area contributed by atoms with Gasteiger partial charge in [-0.2, -0.15) is 0 Å². The van der Waals surface area contributed by atoms with Gasteiger partial charge in [0.1, 0.15) is 29.8 Å². The lowest BCUT2D eigenvalue weighted by molar-refractivity contribution is -0.129. The van der Waals surface area contributed by atoms with Gasteiger partial charge < -0.3 is 15.0 Å². The van der Waals surface area contributed by atoms with Gasteiger partial charge in [0.2, 0.25) is 11.8 Å². The zero-order valence-corrected chi connectivity index (χ0v) is 18.9. The minimum atomic E-state index is -2.77. The molecular formula is C22H23F3N8O2. The smallest absolute Gasteiger partial charge is 0.263 e. The van der Waals surface area contributed by atoms with E-state index in [1.807, 2.05) is 4.90 Å². The van der Waals surface area contributed by atoms with Gasteiger partial charge in [0.15, 0.2) is 5.82 Å². The van der Waals surface area contributed by atoms with Crippen molar-refractivity contribution < 1.29 is 22.7 Å². The molecule has 1 unspecified atom stereocenters. The average molecular weight is 488 g/mol. The summed E-state index contributed by atoms with van der Waals surface area (Å²) >= 11 is 0. The van der Waals surface area contributed by atoms with Crippen molar-refractivity contribution in [3.63, 3.8) is 0 Å². The van der Waals surface area contributed by atoms with Gasteiger partial charge in [-0.15, -0.1) is 15.3 Å². The third kappa shape index (κ3) is 4.63. The van der Waals surface area contributed by atoms with E-state index >= 15 is 0 Å². The number of aryl methyl sites for hydroxylation is 1. The Morgan fingerprint density at radius 1 is 1.14 bits per heavy atom. The second-order valence-electron chi connectivity index (χ2n) is 8.35. The van der Waals surface area contributed by atoms with E-state index in [1.165, 1.54) is 10.7 Å². The Morgan fingerprint density at radius 3 is 2.74 bits per heavy atom. The van der Waals surface area contributed by atoms with E-state index in [0.717, 1.165) is 31.8 Å². The van der Waals surface area contributed by atoms with Crippen LogP contribution in [0.5, 0.6) is 5.88 Å². The summed E-state index contributed by atoms with van der Waals surface area (Å²) in [7, 11) is 0. The molecule has 4 heterocycles. The number of nitrogens with zero attached hydrogens (tertiary/aromatic N) is 7. The maximum absolute atomic E-state index is 14.5. The molecule has 2 aliphatic heterocycles.